The number of nitrogens with zero attached hydrogens (tertiary/aromatic N) is 2. The Kier molecular flexibility index (Phi) is 5.29. The van der Waals surface area contributed by atoms with Gasteiger partial charge in [-0.25, -0.2) is 9.89 Å². The molecule has 0 aliphatic carbocycles. The molecule has 1 atom stereocenters. The molecule has 2 rings (SSSR count). The Labute approximate surface area is 137 Å². The van der Waals surface area contributed by atoms with Crippen molar-refractivity contribution in [3.05, 3.63) is 29.3 Å². The van der Waals surface area contributed by atoms with Crippen LogP contribution in [-0.4, -0.2) is 22.2 Å². The fraction of sp³-hybridized carbons (Fsp3) is 0.500. The van der Waals surface area contributed by atoms with Crippen LogP contribution in [0.25, 0.3) is 0 Å². The quantitative estimate of drug-likeness (QED) is 0.556. The Morgan fingerprint density at radius 1 is 1.18 bits per heavy atom. The molecule has 0 saturated carbocycles. The maximum atomic E-state index is 6.18. The Balaban J connectivity index is 2.30. The summed E-state index contributed by atoms with van der Waals surface area (Å²) in [6.45, 7) is 4.27. The molecule has 0 radical (unpaired) electrons. The predicted octanol–water partition coefficient (Wildman–Crippen LogP) is 2.90. The summed E-state index contributed by atoms with van der Waals surface area (Å²) < 4.78 is 1.99. The summed E-state index contributed by atoms with van der Waals surface area (Å²) in [7, 11) is 0. The van der Waals surface area contributed by atoms with Gasteiger partial charge in [0.25, 0.3) is 5.96 Å². The SMILES string of the molecule is CCCCCCC1(C)N=C(N)NC(N)=[N+]1c1ccc(Cl)cc1. The highest BCUT2D eigenvalue weighted by Crippen LogP contribution is 2.30. The number of hydrogen-bond acceptors (Lipinski definition) is 4. The average molecular weight is 323 g/mol. The van der Waals surface area contributed by atoms with E-state index >= 15 is 0 Å². The van der Waals surface area contributed by atoms with Crippen LogP contribution < -0.4 is 16.8 Å². The van der Waals surface area contributed by atoms with E-state index in [1.165, 1.54) is 19.3 Å². The lowest BCUT2D eigenvalue weighted by Crippen LogP contribution is -2.56. The highest BCUT2D eigenvalue weighted by molar-refractivity contribution is 6.30. The number of unbranched alkanes of at least 4 members (excludes halogenated alkanes) is 3. The zero-order valence-corrected chi connectivity index (χ0v) is 14.0. The molecule has 1 aromatic carbocycles. The van der Waals surface area contributed by atoms with Crippen molar-refractivity contribution in [1.82, 2.24) is 5.32 Å². The third kappa shape index (κ3) is 3.71. The molecule has 1 heterocycles. The third-order valence-electron chi connectivity index (χ3n) is 3.93. The van der Waals surface area contributed by atoms with E-state index in [1.54, 1.807) is 0 Å². The molecule has 1 unspecified atom stereocenters. The summed E-state index contributed by atoms with van der Waals surface area (Å²) in [5.41, 5.74) is 12.5. The van der Waals surface area contributed by atoms with Crippen LogP contribution in [0.4, 0.5) is 5.69 Å². The van der Waals surface area contributed by atoms with Gasteiger partial charge in [0.1, 0.15) is 5.69 Å². The molecule has 0 amide bonds. The number of hydrogen-bond donors (Lipinski definition) is 3. The Morgan fingerprint density at radius 3 is 2.50 bits per heavy atom. The minimum atomic E-state index is -0.485. The van der Waals surface area contributed by atoms with E-state index in [1.807, 2.05) is 28.8 Å². The van der Waals surface area contributed by atoms with Crippen LogP contribution in [0.1, 0.15) is 46.0 Å². The van der Waals surface area contributed by atoms with Crippen molar-refractivity contribution in [2.75, 3.05) is 0 Å². The molecule has 0 fully saturated rings. The summed E-state index contributed by atoms with van der Waals surface area (Å²) >= 11 is 5.98. The van der Waals surface area contributed by atoms with Crippen molar-refractivity contribution in [3.63, 3.8) is 0 Å². The zero-order valence-electron chi connectivity index (χ0n) is 13.3. The van der Waals surface area contributed by atoms with Gasteiger partial charge in [-0.1, -0.05) is 37.8 Å². The molecule has 0 bridgehead atoms. The summed E-state index contributed by atoms with van der Waals surface area (Å²) in [6.07, 6.45) is 5.59. The molecule has 120 valence electrons. The van der Waals surface area contributed by atoms with Crippen LogP contribution in [0.2, 0.25) is 5.02 Å². The van der Waals surface area contributed by atoms with E-state index in [0.717, 1.165) is 18.5 Å². The second-order valence-corrected chi connectivity index (χ2v) is 6.28. The summed E-state index contributed by atoms with van der Waals surface area (Å²) in [5, 5.41) is 3.61. The molecular formula is C16H25ClN5+. The number of nitrogens with one attached hydrogen (secondary N) is 1. The Bertz CT molecular complexity index is 579. The van der Waals surface area contributed by atoms with Gasteiger partial charge in [0.05, 0.1) is 0 Å². The van der Waals surface area contributed by atoms with E-state index in [9.17, 15) is 0 Å². The van der Waals surface area contributed by atoms with E-state index in [4.69, 9.17) is 23.1 Å². The molecule has 6 heteroatoms. The lowest BCUT2D eigenvalue weighted by molar-refractivity contribution is -0.534. The van der Waals surface area contributed by atoms with Gasteiger partial charge in [-0.3, -0.25) is 5.73 Å². The van der Waals surface area contributed by atoms with Gasteiger partial charge < -0.3 is 5.73 Å². The normalized spacial score (nSPS) is 21.5. The predicted molar refractivity (Wildman–Crippen MR) is 92.5 cm³/mol. The zero-order chi connectivity index (χ0) is 16.2. The van der Waals surface area contributed by atoms with Crippen molar-refractivity contribution in [2.24, 2.45) is 16.5 Å². The van der Waals surface area contributed by atoms with E-state index < -0.39 is 5.66 Å². The van der Waals surface area contributed by atoms with Crippen LogP contribution in [0.15, 0.2) is 29.3 Å². The van der Waals surface area contributed by atoms with Crippen LogP contribution in [0, 0.1) is 0 Å². The number of guanidine groups is 2. The third-order valence-corrected chi connectivity index (χ3v) is 4.18. The number of nitrogens with two attached hydrogens (primary N) is 2. The monoisotopic (exact) mass is 322 g/mol. The highest BCUT2D eigenvalue weighted by Gasteiger charge is 2.38. The van der Waals surface area contributed by atoms with Crippen LogP contribution in [-0.2, 0) is 0 Å². The van der Waals surface area contributed by atoms with Crippen molar-refractivity contribution >= 4 is 29.2 Å². The van der Waals surface area contributed by atoms with E-state index in [0.29, 0.717) is 16.9 Å². The molecular weight excluding hydrogens is 298 g/mol. The van der Waals surface area contributed by atoms with Crippen LogP contribution in [0.5, 0.6) is 0 Å². The maximum Gasteiger partial charge on any atom is 0.357 e. The van der Waals surface area contributed by atoms with Crippen molar-refractivity contribution in [2.45, 2.75) is 51.6 Å². The van der Waals surface area contributed by atoms with Gasteiger partial charge in [-0.15, -0.1) is 0 Å². The minimum absolute atomic E-state index is 0.362. The second-order valence-electron chi connectivity index (χ2n) is 5.85. The molecule has 0 saturated heterocycles. The fourth-order valence-electron chi connectivity index (χ4n) is 2.85. The summed E-state index contributed by atoms with van der Waals surface area (Å²) in [4.78, 5) is 4.62. The Morgan fingerprint density at radius 2 is 1.86 bits per heavy atom. The minimum Gasteiger partial charge on any atom is -0.357 e. The number of rotatable bonds is 6. The first-order valence-corrected chi connectivity index (χ1v) is 8.14. The Hall–Kier alpha value is -1.75. The van der Waals surface area contributed by atoms with Gasteiger partial charge in [-0.2, -0.15) is 4.99 Å². The van der Waals surface area contributed by atoms with Crippen LogP contribution in [0.3, 0.4) is 0 Å². The number of aliphatic imine (C=N–C) groups is 1. The smallest absolute Gasteiger partial charge is 0.357 e. The standard InChI is InChI=1S/C16H24ClN5/c1-3-4-5-6-11-16(2)21-14(18)20-15(19)22(16)13-9-7-12(17)8-10-13/h7-10H,3-6,11H2,1-2H3,(H4,18,19,20,21)/p+1. The topological polar surface area (TPSA) is 79.4 Å². The first-order valence-electron chi connectivity index (χ1n) is 7.77. The molecule has 1 aromatic rings. The van der Waals surface area contributed by atoms with Crippen LogP contribution >= 0.6 is 11.6 Å². The van der Waals surface area contributed by atoms with Gasteiger partial charge in [0.2, 0.25) is 0 Å². The number of benzene rings is 1. The molecule has 1 aliphatic rings. The van der Waals surface area contributed by atoms with E-state index in [2.05, 4.69) is 24.2 Å². The first-order chi connectivity index (χ1) is 10.5. The van der Waals surface area contributed by atoms with Crippen molar-refractivity contribution in [3.8, 4) is 0 Å². The lowest BCUT2D eigenvalue weighted by Gasteiger charge is -2.31. The highest BCUT2D eigenvalue weighted by atomic mass is 35.5. The van der Waals surface area contributed by atoms with Crippen molar-refractivity contribution in [1.29, 1.82) is 0 Å². The molecule has 5 N–H and O–H groups in total. The van der Waals surface area contributed by atoms with Gasteiger partial charge in [-0.05, 0) is 37.6 Å². The number of halogens is 1. The second kappa shape index (κ2) is 7.01. The maximum absolute atomic E-state index is 6.18. The fourth-order valence-corrected chi connectivity index (χ4v) is 2.97. The molecule has 22 heavy (non-hydrogen) atoms. The molecule has 0 aromatic heterocycles. The molecule has 1 aliphatic heterocycles. The first kappa shape index (κ1) is 16.6. The van der Waals surface area contributed by atoms with Gasteiger partial charge in [0.15, 0.2) is 5.66 Å². The summed E-state index contributed by atoms with van der Waals surface area (Å²) in [5.74, 6) is 0.855. The lowest BCUT2D eigenvalue weighted by atomic mass is 10.0. The van der Waals surface area contributed by atoms with Gasteiger partial charge >= 0.3 is 5.96 Å². The van der Waals surface area contributed by atoms with E-state index in [-0.39, 0.29) is 0 Å². The van der Waals surface area contributed by atoms with Gasteiger partial charge in [0, 0.05) is 11.4 Å². The molecule has 5 nitrogen and oxygen atoms in total. The van der Waals surface area contributed by atoms with Crippen molar-refractivity contribution < 1.29 is 4.58 Å². The summed E-state index contributed by atoms with van der Waals surface area (Å²) in [6, 6.07) is 7.59. The molecule has 0 spiro atoms. The largest absolute Gasteiger partial charge is 0.357 e. The average Bonchev–Trinajstić information content (AvgIpc) is 2.45.